The molecule has 1 aliphatic rings. The first-order valence-corrected chi connectivity index (χ1v) is 4.72. The first kappa shape index (κ1) is 7.62. The Morgan fingerprint density at radius 2 is 2.29 bits per heavy atom. The fourth-order valence-electron chi connectivity index (χ4n) is 2.02. The molecule has 2 heterocycles. The zero-order chi connectivity index (χ0) is 9.54. The van der Waals surface area contributed by atoms with Gasteiger partial charge in [0, 0.05) is 26.1 Å². The van der Waals surface area contributed by atoms with Gasteiger partial charge in [-0.3, -0.25) is 4.79 Å². The summed E-state index contributed by atoms with van der Waals surface area (Å²) in [5.74, 6) is 0.0352. The van der Waals surface area contributed by atoms with Gasteiger partial charge < -0.3 is 9.88 Å². The summed E-state index contributed by atoms with van der Waals surface area (Å²) in [5, 5.41) is 4.02. The van der Waals surface area contributed by atoms with Gasteiger partial charge in [-0.1, -0.05) is 12.1 Å². The van der Waals surface area contributed by atoms with E-state index in [4.69, 9.17) is 0 Å². The monoisotopic (exact) mass is 188 g/mol. The van der Waals surface area contributed by atoms with E-state index in [9.17, 15) is 4.79 Å². The molecule has 0 saturated carbocycles. The Kier molecular flexibility index (Phi) is 1.42. The van der Waals surface area contributed by atoms with Crippen molar-refractivity contribution in [3.8, 4) is 0 Å². The van der Waals surface area contributed by atoms with Crippen LogP contribution in [0.25, 0.3) is 10.9 Å². The van der Waals surface area contributed by atoms with Gasteiger partial charge in [-0.05, 0) is 12.1 Å². The average molecular weight is 188 g/mol. The first-order chi connectivity index (χ1) is 6.86. The molecule has 1 amide bonds. The van der Waals surface area contributed by atoms with Crippen molar-refractivity contribution in [3.63, 3.8) is 0 Å². The molecule has 0 saturated heterocycles. The molecule has 1 aliphatic heterocycles. The minimum Gasteiger partial charge on any atom is -0.350 e. The molecule has 72 valence electrons. The molecule has 3 nitrogen and oxygen atoms in total. The summed E-state index contributed by atoms with van der Waals surface area (Å²) in [4.78, 5) is 11.7. The summed E-state index contributed by atoms with van der Waals surface area (Å²) >= 11 is 0. The molecule has 2 aromatic rings. The van der Waals surface area contributed by atoms with Gasteiger partial charge in [-0.25, -0.2) is 0 Å². The Bertz CT molecular complexity index is 518. The van der Waals surface area contributed by atoms with Gasteiger partial charge in [0.2, 0.25) is 0 Å². The third-order valence-corrected chi connectivity index (χ3v) is 2.67. The first-order valence-electron chi connectivity index (χ1n) is 4.72. The van der Waals surface area contributed by atoms with Crippen LogP contribution in [0, 0.1) is 0 Å². The summed E-state index contributed by atoms with van der Waals surface area (Å²) in [6, 6.07) is 7.89. The lowest BCUT2D eigenvalue weighted by molar-refractivity contribution is 0.0957. The van der Waals surface area contributed by atoms with Crippen molar-refractivity contribution < 1.29 is 6.22 Å². The summed E-state index contributed by atoms with van der Waals surface area (Å²) in [6.07, 6.45) is 2.04. The summed E-state index contributed by atoms with van der Waals surface area (Å²) in [6.45, 7) is 1.56. The molecule has 0 unspecified atom stereocenters. The van der Waals surface area contributed by atoms with Crippen LogP contribution in [0.1, 0.15) is 11.8 Å². The van der Waals surface area contributed by atoms with Crippen LogP contribution >= 0.6 is 0 Å². The van der Waals surface area contributed by atoms with Crippen LogP contribution in [0.4, 0.5) is 0 Å². The highest BCUT2D eigenvalue weighted by atomic mass is 16.1. The van der Waals surface area contributed by atoms with Gasteiger partial charge in [-0.15, -0.1) is 0 Å². The Balaban J connectivity index is 0.000000853. The van der Waals surface area contributed by atoms with Crippen molar-refractivity contribution in [1.82, 2.24) is 9.88 Å². The van der Waals surface area contributed by atoms with E-state index < -0.39 is 0 Å². The van der Waals surface area contributed by atoms with E-state index in [0.29, 0.717) is 6.54 Å². The van der Waals surface area contributed by atoms with Crippen molar-refractivity contribution in [1.29, 1.82) is 0 Å². The maximum atomic E-state index is 11.7. The topological polar surface area (TPSA) is 34.0 Å². The minimum atomic E-state index is 0. The summed E-state index contributed by atoms with van der Waals surface area (Å²) < 4.78 is 2.13. The molecule has 3 heteroatoms. The molecular weight excluding hydrogens is 176 g/mol. The molecule has 3 rings (SSSR count). The van der Waals surface area contributed by atoms with Crippen LogP contribution in [0.3, 0.4) is 0 Å². The number of rotatable bonds is 0. The molecular formula is C11H12N2O. The number of nitrogens with zero attached hydrogens (tertiary/aromatic N) is 1. The molecule has 14 heavy (non-hydrogen) atoms. The quantitative estimate of drug-likeness (QED) is 0.670. The molecule has 0 fully saturated rings. The van der Waals surface area contributed by atoms with Gasteiger partial charge >= 0.3 is 0 Å². The second-order valence-corrected chi connectivity index (χ2v) is 3.51. The number of benzene rings is 1. The molecule has 0 atom stereocenters. The van der Waals surface area contributed by atoms with Crippen molar-refractivity contribution in [2.24, 2.45) is 0 Å². The minimum absolute atomic E-state index is 0. The Morgan fingerprint density at radius 3 is 3.21 bits per heavy atom. The van der Waals surface area contributed by atoms with Crippen molar-refractivity contribution in [2.75, 3.05) is 6.54 Å². The van der Waals surface area contributed by atoms with Gasteiger partial charge in [-0.2, -0.15) is 0 Å². The van der Waals surface area contributed by atoms with Gasteiger partial charge in [0.1, 0.15) is 0 Å². The van der Waals surface area contributed by atoms with Gasteiger partial charge in [0.25, 0.3) is 5.91 Å². The predicted octanol–water partition coefficient (Wildman–Crippen LogP) is 1.63. The van der Waals surface area contributed by atoms with E-state index in [1.54, 1.807) is 0 Å². The SMILES string of the molecule is O=C1NCCn2ccc3cccc1c32.[HH]. The Labute approximate surface area is 82.8 Å². The third-order valence-electron chi connectivity index (χ3n) is 2.67. The fraction of sp³-hybridized carbons (Fsp3) is 0.182. The van der Waals surface area contributed by atoms with Crippen molar-refractivity contribution in [2.45, 2.75) is 6.54 Å². The van der Waals surface area contributed by atoms with E-state index in [1.807, 2.05) is 24.4 Å². The van der Waals surface area contributed by atoms with Gasteiger partial charge in [0.05, 0.1) is 11.1 Å². The number of carbonyl (C=O) groups is 1. The third kappa shape index (κ3) is 0.894. The highest BCUT2D eigenvalue weighted by Gasteiger charge is 2.15. The zero-order valence-electron chi connectivity index (χ0n) is 7.66. The zero-order valence-corrected chi connectivity index (χ0v) is 7.66. The molecule has 1 N–H and O–H groups in total. The highest BCUT2D eigenvalue weighted by molar-refractivity contribution is 6.06. The normalized spacial score (nSPS) is 15.3. The maximum Gasteiger partial charge on any atom is 0.253 e. The van der Waals surface area contributed by atoms with Crippen LogP contribution < -0.4 is 5.32 Å². The number of aromatic nitrogens is 1. The van der Waals surface area contributed by atoms with Crippen LogP contribution in [-0.4, -0.2) is 17.0 Å². The standard InChI is InChI=1S/C11H10N2O.H2/c14-11-9-3-1-2-8-4-6-13(10(8)9)7-5-12-11;/h1-4,6H,5,7H2,(H,12,14);1H. The summed E-state index contributed by atoms with van der Waals surface area (Å²) in [7, 11) is 0. The maximum absolute atomic E-state index is 11.7. The second kappa shape index (κ2) is 2.61. The van der Waals surface area contributed by atoms with E-state index in [2.05, 4.69) is 16.0 Å². The number of amides is 1. The largest absolute Gasteiger partial charge is 0.350 e. The van der Waals surface area contributed by atoms with Crippen LogP contribution in [-0.2, 0) is 6.54 Å². The van der Waals surface area contributed by atoms with E-state index in [-0.39, 0.29) is 7.33 Å². The number of hydrogen-bond donors (Lipinski definition) is 1. The van der Waals surface area contributed by atoms with Crippen molar-refractivity contribution >= 4 is 16.8 Å². The molecule has 0 aliphatic carbocycles. The lowest BCUT2D eigenvalue weighted by Gasteiger charge is -2.01. The lowest BCUT2D eigenvalue weighted by Crippen LogP contribution is -2.23. The van der Waals surface area contributed by atoms with Gasteiger partial charge in [0.15, 0.2) is 0 Å². The van der Waals surface area contributed by atoms with E-state index >= 15 is 0 Å². The van der Waals surface area contributed by atoms with Crippen LogP contribution in [0.15, 0.2) is 30.5 Å². The Morgan fingerprint density at radius 1 is 1.36 bits per heavy atom. The molecule has 0 radical (unpaired) electrons. The lowest BCUT2D eigenvalue weighted by atomic mass is 10.1. The highest BCUT2D eigenvalue weighted by Crippen LogP contribution is 2.21. The van der Waals surface area contributed by atoms with Crippen LogP contribution in [0.2, 0.25) is 0 Å². The Hall–Kier alpha value is -1.77. The number of hydrogen-bond acceptors (Lipinski definition) is 1. The van der Waals surface area contributed by atoms with Crippen LogP contribution in [0.5, 0.6) is 0 Å². The molecule has 0 bridgehead atoms. The molecule has 0 spiro atoms. The average Bonchev–Trinajstić information content (AvgIpc) is 2.53. The molecule has 1 aromatic carbocycles. The van der Waals surface area contributed by atoms with Crippen molar-refractivity contribution in [3.05, 3.63) is 36.0 Å². The number of carbonyl (C=O) groups excluding carboxylic acids is 1. The van der Waals surface area contributed by atoms with E-state index in [0.717, 1.165) is 23.0 Å². The smallest absolute Gasteiger partial charge is 0.253 e. The van der Waals surface area contributed by atoms with E-state index in [1.165, 1.54) is 0 Å². The second-order valence-electron chi connectivity index (χ2n) is 3.51. The number of nitrogens with one attached hydrogen (secondary N) is 1. The fourth-order valence-corrected chi connectivity index (χ4v) is 2.02. The number of para-hydroxylation sites is 1. The predicted molar refractivity (Wildman–Crippen MR) is 56.4 cm³/mol. The summed E-state index contributed by atoms with van der Waals surface area (Å²) in [5.41, 5.74) is 1.84. The molecule has 1 aromatic heterocycles.